The Bertz CT molecular complexity index is 429. The van der Waals surface area contributed by atoms with Gasteiger partial charge in [0.1, 0.15) is 5.75 Å². The first-order valence-corrected chi connectivity index (χ1v) is 7.22. The summed E-state index contributed by atoms with van der Waals surface area (Å²) >= 11 is 0. The summed E-state index contributed by atoms with van der Waals surface area (Å²) in [7, 11) is 1.71. The molecule has 1 aliphatic heterocycles. The molecule has 1 unspecified atom stereocenters. The Balaban J connectivity index is 2.30. The van der Waals surface area contributed by atoms with Crippen LogP contribution in [0.25, 0.3) is 0 Å². The molecule has 19 heavy (non-hydrogen) atoms. The van der Waals surface area contributed by atoms with Crippen LogP contribution in [0, 0.1) is 11.8 Å². The molecule has 0 aromatic heterocycles. The molecule has 3 nitrogen and oxygen atoms in total. The predicted molar refractivity (Wildman–Crippen MR) is 80.8 cm³/mol. The molecule has 0 bridgehead atoms. The fourth-order valence-electron chi connectivity index (χ4n) is 2.99. The zero-order valence-electron chi connectivity index (χ0n) is 12.5. The fourth-order valence-corrected chi connectivity index (χ4v) is 2.99. The normalized spacial score (nSPS) is 20.9. The van der Waals surface area contributed by atoms with E-state index >= 15 is 0 Å². The van der Waals surface area contributed by atoms with Gasteiger partial charge in [-0.15, -0.1) is 0 Å². The smallest absolute Gasteiger partial charge is 0.125 e. The quantitative estimate of drug-likeness (QED) is 0.905. The maximum atomic E-state index is 6.15. The molecule has 0 radical (unpaired) electrons. The van der Waals surface area contributed by atoms with Crippen LogP contribution in [0.15, 0.2) is 18.2 Å². The van der Waals surface area contributed by atoms with Crippen molar-refractivity contribution < 1.29 is 4.74 Å². The van der Waals surface area contributed by atoms with Crippen LogP contribution in [0.2, 0.25) is 0 Å². The summed E-state index contributed by atoms with van der Waals surface area (Å²) in [4.78, 5) is 2.46. The highest BCUT2D eigenvalue weighted by molar-refractivity contribution is 5.61. The monoisotopic (exact) mass is 262 g/mol. The molecule has 2 N–H and O–H groups in total. The van der Waals surface area contributed by atoms with E-state index in [4.69, 9.17) is 10.5 Å². The topological polar surface area (TPSA) is 38.5 Å². The maximum absolute atomic E-state index is 6.15. The van der Waals surface area contributed by atoms with Gasteiger partial charge in [0, 0.05) is 30.4 Å². The number of nitrogens with two attached hydrogens (primary N) is 1. The molecule has 2 atom stereocenters. The highest BCUT2D eigenvalue weighted by atomic mass is 16.5. The Hall–Kier alpha value is -1.22. The molecule has 0 aliphatic carbocycles. The molecule has 1 aromatic rings. The average molecular weight is 262 g/mol. The van der Waals surface area contributed by atoms with Crippen molar-refractivity contribution in [3.05, 3.63) is 23.8 Å². The first kappa shape index (κ1) is 14.2. The maximum Gasteiger partial charge on any atom is 0.125 e. The Morgan fingerprint density at radius 3 is 2.58 bits per heavy atom. The van der Waals surface area contributed by atoms with Crippen LogP contribution in [0.5, 0.6) is 5.75 Å². The number of hydrogen-bond donors (Lipinski definition) is 1. The molecule has 0 spiro atoms. The third-order valence-corrected chi connectivity index (χ3v) is 4.23. The van der Waals surface area contributed by atoms with Gasteiger partial charge < -0.3 is 15.4 Å². The van der Waals surface area contributed by atoms with Gasteiger partial charge in [-0.05, 0) is 37.3 Å². The molecule has 2 rings (SSSR count). The van der Waals surface area contributed by atoms with E-state index in [1.807, 2.05) is 13.0 Å². The van der Waals surface area contributed by atoms with E-state index in [9.17, 15) is 0 Å². The number of hydrogen-bond acceptors (Lipinski definition) is 3. The van der Waals surface area contributed by atoms with Crippen molar-refractivity contribution in [2.45, 2.75) is 33.2 Å². The van der Waals surface area contributed by atoms with Gasteiger partial charge in [0.2, 0.25) is 0 Å². The van der Waals surface area contributed by atoms with Crippen molar-refractivity contribution in [1.29, 1.82) is 0 Å². The average Bonchev–Trinajstić information content (AvgIpc) is 2.87. The van der Waals surface area contributed by atoms with Crippen molar-refractivity contribution in [3.8, 4) is 5.75 Å². The number of benzene rings is 1. The summed E-state index contributed by atoms with van der Waals surface area (Å²) < 4.78 is 5.47. The van der Waals surface area contributed by atoms with Gasteiger partial charge in [0.15, 0.2) is 0 Å². The number of rotatable bonds is 4. The van der Waals surface area contributed by atoms with E-state index < -0.39 is 0 Å². The van der Waals surface area contributed by atoms with E-state index in [0.29, 0.717) is 0 Å². The first-order chi connectivity index (χ1) is 9.04. The molecule has 1 heterocycles. The second-order valence-electron chi connectivity index (χ2n) is 5.92. The molecular formula is C16H26N2O. The van der Waals surface area contributed by atoms with Crippen LogP contribution in [0.4, 0.5) is 5.69 Å². The van der Waals surface area contributed by atoms with Crippen molar-refractivity contribution >= 4 is 5.69 Å². The van der Waals surface area contributed by atoms with Crippen molar-refractivity contribution in [2.24, 2.45) is 17.6 Å². The Morgan fingerprint density at radius 1 is 1.32 bits per heavy atom. The number of nitrogens with zero attached hydrogens (tertiary/aromatic N) is 1. The molecule has 1 aliphatic rings. The SMILES string of the molecule is COc1cccc(N2CCC(C(C)C)C2)c1[C@@H](C)N. The second-order valence-corrected chi connectivity index (χ2v) is 5.92. The Labute approximate surface area is 116 Å². The summed E-state index contributed by atoms with van der Waals surface area (Å²) in [5, 5.41) is 0. The van der Waals surface area contributed by atoms with E-state index in [2.05, 4.69) is 30.9 Å². The van der Waals surface area contributed by atoms with E-state index in [1.165, 1.54) is 12.1 Å². The second kappa shape index (κ2) is 5.83. The Kier molecular flexibility index (Phi) is 4.35. The molecule has 1 fully saturated rings. The highest BCUT2D eigenvalue weighted by Crippen LogP contribution is 2.37. The summed E-state index contributed by atoms with van der Waals surface area (Å²) in [5.74, 6) is 2.43. The molecular weight excluding hydrogens is 236 g/mol. The number of ether oxygens (including phenoxy) is 1. The van der Waals surface area contributed by atoms with Crippen LogP contribution in [-0.4, -0.2) is 20.2 Å². The first-order valence-electron chi connectivity index (χ1n) is 7.22. The van der Waals surface area contributed by atoms with Crippen molar-refractivity contribution in [3.63, 3.8) is 0 Å². The van der Waals surface area contributed by atoms with Gasteiger partial charge in [-0.25, -0.2) is 0 Å². The summed E-state index contributed by atoms with van der Waals surface area (Å²) in [6.07, 6.45) is 1.27. The lowest BCUT2D eigenvalue weighted by molar-refractivity contribution is 0.406. The molecule has 1 aromatic carbocycles. The molecule has 106 valence electrons. The van der Waals surface area contributed by atoms with Crippen LogP contribution in [0.1, 0.15) is 38.8 Å². The van der Waals surface area contributed by atoms with E-state index in [-0.39, 0.29) is 6.04 Å². The minimum absolute atomic E-state index is 0.00995. The zero-order valence-corrected chi connectivity index (χ0v) is 12.5. The van der Waals surface area contributed by atoms with Crippen molar-refractivity contribution in [2.75, 3.05) is 25.1 Å². The van der Waals surface area contributed by atoms with Gasteiger partial charge >= 0.3 is 0 Å². The minimum atomic E-state index is -0.00995. The van der Waals surface area contributed by atoms with Gasteiger partial charge in [-0.2, -0.15) is 0 Å². The molecule has 3 heteroatoms. The highest BCUT2D eigenvalue weighted by Gasteiger charge is 2.27. The van der Waals surface area contributed by atoms with Gasteiger partial charge in [0.25, 0.3) is 0 Å². The predicted octanol–water partition coefficient (Wildman–Crippen LogP) is 3.20. The zero-order chi connectivity index (χ0) is 14.0. The lowest BCUT2D eigenvalue weighted by atomic mass is 9.95. The summed E-state index contributed by atoms with van der Waals surface area (Å²) in [6, 6.07) is 6.22. The molecule has 0 amide bonds. The molecule has 1 saturated heterocycles. The largest absolute Gasteiger partial charge is 0.496 e. The van der Waals surface area contributed by atoms with Crippen molar-refractivity contribution in [1.82, 2.24) is 0 Å². The fraction of sp³-hybridized carbons (Fsp3) is 0.625. The lowest BCUT2D eigenvalue weighted by Gasteiger charge is -2.25. The Morgan fingerprint density at radius 2 is 2.05 bits per heavy atom. The minimum Gasteiger partial charge on any atom is -0.496 e. The van der Waals surface area contributed by atoms with Crippen LogP contribution in [0.3, 0.4) is 0 Å². The van der Waals surface area contributed by atoms with Gasteiger partial charge in [-0.3, -0.25) is 0 Å². The van der Waals surface area contributed by atoms with Crippen LogP contribution in [-0.2, 0) is 0 Å². The van der Waals surface area contributed by atoms with Gasteiger partial charge in [-0.1, -0.05) is 19.9 Å². The third-order valence-electron chi connectivity index (χ3n) is 4.23. The number of anilines is 1. The third kappa shape index (κ3) is 2.86. The summed E-state index contributed by atoms with van der Waals surface area (Å²) in [6.45, 7) is 8.90. The van der Waals surface area contributed by atoms with E-state index in [1.54, 1.807) is 7.11 Å². The van der Waals surface area contributed by atoms with Crippen LogP contribution >= 0.6 is 0 Å². The standard InChI is InChI=1S/C16H26N2O/c1-11(2)13-8-9-18(10-13)14-6-5-7-15(19-4)16(14)12(3)17/h5-7,11-13H,8-10,17H2,1-4H3/t12-,13?/m1/s1. The van der Waals surface area contributed by atoms with E-state index in [0.717, 1.165) is 36.2 Å². The van der Waals surface area contributed by atoms with Crippen LogP contribution < -0.4 is 15.4 Å². The summed E-state index contributed by atoms with van der Waals surface area (Å²) in [5.41, 5.74) is 8.53. The lowest BCUT2D eigenvalue weighted by Crippen LogP contribution is -2.24. The number of methoxy groups -OCH3 is 1. The van der Waals surface area contributed by atoms with Gasteiger partial charge in [0.05, 0.1) is 7.11 Å². The molecule has 0 saturated carbocycles.